The van der Waals surface area contributed by atoms with Gasteiger partial charge in [0.15, 0.2) is 5.96 Å². The summed E-state index contributed by atoms with van der Waals surface area (Å²) in [6.45, 7) is 4.29. The third kappa shape index (κ3) is 2.14. The molecule has 2 aliphatic rings. The molecule has 0 spiro atoms. The van der Waals surface area contributed by atoms with Crippen molar-refractivity contribution in [1.82, 2.24) is 10.6 Å². The topological polar surface area (TPSA) is 36.4 Å². The van der Waals surface area contributed by atoms with Crippen LogP contribution in [0.15, 0.2) is 23.2 Å². The van der Waals surface area contributed by atoms with E-state index >= 15 is 0 Å². The van der Waals surface area contributed by atoms with Crippen LogP contribution in [-0.2, 0) is 12.8 Å². The van der Waals surface area contributed by atoms with E-state index in [9.17, 15) is 0 Å². The van der Waals surface area contributed by atoms with Gasteiger partial charge in [0.1, 0.15) is 0 Å². The second-order valence-electron chi connectivity index (χ2n) is 5.08. The molecule has 1 aliphatic heterocycles. The average molecular weight is 229 g/mol. The maximum atomic E-state index is 4.69. The predicted octanol–water partition coefficient (Wildman–Crippen LogP) is 1.99. The third-order valence-corrected chi connectivity index (χ3v) is 3.65. The molecule has 0 bridgehead atoms. The highest BCUT2D eigenvalue weighted by atomic mass is 15.2. The highest BCUT2D eigenvalue weighted by molar-refractivity contribution is 5.84. The molecule has 1 fully saturated rings. The Morgan fingerprint density at radius 2 is 2.06 bits per heavy atom. The number of nitrogens with zero attached hydrogens (tertiary/aromatic N) is 1. The number of hydrogen-bond donors (Lipinski definition) is 2. The van der Waals surface area contributed by atoms with Crippen molar-refractivity contribution in [2.75, 3.05) is 13.1 Å². The van der Waals surface area contributed by atoms with Crippen molar-refractivity contribution in [2.45, 2.75) is 26.2 Å². The van der Waals surface area contributed by atoms with Crippen LogP contribution in [0.3, 0.4) is 0 Å². The van der Waals surface area contributed by atoms with Crippen molar-refractivity contribution in [3.05, 3.63) is 29.3 Å². The van der Waals surface area contributed by atoms with Crippen molar-refractivity contribution >= 4 is 11.6 Å². The predicted molar refractivity (Wildman–Crippen MR) is 70.7 cm³/mol. The zero-order valence-corrected chi connectivity index (χ0v) is 10.3. The van der Waals surface area contributed by atoms with Gasteiger partial charge < -0.3 is 10.6 Å². The highest BCUT2D eigenvalue weighted by Crippen LogP contribution is 2.32. The van der Waals surface area contributed by atoms with Gasteiger partial charge >= 0.3 is 0 Å². The number of hydrogen-bond acceptors (Lipinski definition) is 1. The first-order chi connectivity index (χ1) is 8.33. The molecule has 0 radical (unpaired) electrons. The third-order valence-electron chi connectivity index (χ3n) is 3.65. The van der Waals surface area contributed by atoms with E-state index in [0.717, 1.165) is 30.7 Å². The zero-order valence-electron chi connectivity index (χ0n) is 10.3. The van der Waals surface area contributed by atoms with Gasteiger partial charge in [0.25, 0.3) is 0 Å². The molecule has 17 heavy (non-hydrogen) atoms. The fourth-order valence-corrected chi connectivity index (χ4v) is 2.70. The minimum absolute atomic E-state index is 0.813. The second kappa shape index (κ2) is 4.40. The summed E-state index contributed by atoms with van der Waals surface area (Å²) in [5.74, 6) is 1.74. The van der Waals surface area contributed by atoms with E-state index in [1.165, 1.54) is 30.4 Å². The lowest BCUT2D eigenvalue weighted by Gasteiger charge is -2.22. The van der Waals surface area contributed by atoms with Crippen LogP contribution in [0.2, 0.25) is 0 Å². The first-order valence-corrected chi connectivity index (χ1v) is 6.50. The SMILES string of the molecule is CC1CCc2c(cccc2N=C2NCCN2)C1. The normalized spacial score (nSPS) is 22.6. The molecule has 90 valence electrons. The van der Waals surface area contributed by atoms with Gasteiger partial charge in [-0.25, -0.2) is 4.99 Å². The van der Waals surface area contributed by atoms with Gasteiger partial charge in [-0.15, -0.1) is 0 Å². The van der Waals surface area contributed by atoms with Gasteiger partial charge in [0, 0.05) is 13.1 Å². The Balaban J connectivity index is 1.95. The Morgan fingerprint density at radius 3 is 2.88 bits per heavy atom. The van der Waals surface area contributed by atoms with E-state index < -0.39 is 0 Å². The Morgan fingerprint density at radius 1 is 1.24 bits per heavy atom. The Labute approximate surface area is 102 Å². The summed E-state index contributed by atoms with van der Waals surface area (Å²) in [5, 5.41) is 6.52. The molecule has 3 nitrogen and oxygen atoms in total. The summed E-state index contributed by atoms with van der Waals surface area (Å²) in [6, 6.07) is 6.51. The molecular weight excluding hydrogens is 210 g/mol. The first kappa shape index (κ1) is 10.6. The molecule has 3 rings (SSSR count). The highest BCUT2D eigenvalue weighted by Gasteiger charge is 2.18. The Hall–Kier alpha value is -1.51. The van der Waals surface area contributed by atoms with Gasteiger partial charge in [-0.2, -0.15) is 0 Å². The molecule has 0 amide bonds. The van der Waals surface area contributed by atoms with E-state index in [4.69, 9.17) is 4.99 Å². The van der Waals surface area contributed by atoms with E-state index in [2.05, 4.69) is 35.8 Å². The van der Waals surface area contributed by atoms with Crippen LogP contribution in [0.1, 0.15) is 24.5 Å². The second-order valence-corrected chi connectivity index (χ2v) is 5.08. The van der Waals surface area contributed by atoms with Gasteiger partial charge in [-0.1, -0.05) is 19.1 Å². The molecule has 2 N–H and O–H groups in total. The number of benzene rings is 1. The Kier molecular flexibility index (Phi) is 2.75. The molecule has 1 heterocycles. The van der Waals surface area contributed by atoms with Gasteiger partial charge in [0.05, 0.1) is 5.69 Å². The molecule has 1 unspecified atom stereocenters. The van der Waals surface area contributed by atoms with Crippen molar-refractivity contribution in [3.63, 3.8) is 0 Å². The number of aliphatic imine (C=N–C) groups is 1. The molecule has 1 saturated heterocycles. The summed E-state index contributed by atoms with van der Waals surface area (Å²) >= 11 is 0. The summed E-state index contributed by atoms with van der Waals surface area (Å²) < 4.78 is 0. The molecule has 3 heteroatoms. The van der Waals surface area contributed by atoms with Crippen molar-refractivity contribution in [3.8, 4) is 0 Å². The molecule has 0 saturated carbocycles. The number of rotatable bonds is 1. The quantitative estimate of drug-likeness (QED) is 0.772. The van der Waals surface area contributed by atoms with Gasteiger partial charge in [-0.3, -0.25) is 0 Å². The zero-order chi connectivity index (χ0) is 11.7. The van der Waals surface area contributed by atoms with Crippen LogP contribution in [0.4, 0.5) is 5.69 Å². The summed E-state index contributed by atoms with van der Waals surface area (Å²) in [6.07, 6.45) is 3.66. The molecule has 0 aromatic heterocycles. The molecule has 1 atom stereocenters. The molecule has 1 aromatic carbocycles. The standard InChI is InChI=1S/C14H19N3/c1-10-5-6-12-11(9-10)3-2-4-13(12)17-14-15-7-8-16-14/h2-4,10H,5-9H2,1H3,(H2,15,16,17). The monoisotopic (exact) mass is 229 g/mol. The van der Waals surface area contributed by atoms with Crippen molar-refractivity contribution in [1.29, 1.82) is 0 Å². The number of fused-ring (bicyclic) bond motifs is 1. The maximum absolute atomic E-state index is 4.69. The van der Waals surface area contributed by atoms with Gasteiger partial charge in [0.2, 0.25) is 0 Å². The summed E-state index contributed by atoms with van der Waals surface area (Å²) in [4.78, 5) is 4.69. The average Bonchev–Trinajstić information content (AvgIpc) is 2.82. The van der Waals surface area contributed by atoms with E-state index in [-0.39, 0.29) is 0 Å². The summed E-state index contributed by atoms with van der Waals surface area (Å²) in [7, 11) is 0. The summed E-state index contributed by atoms with van der Waals surface area (Å²) in [5.41, 5.74) is 4.09. The first-order valence-electron chi connectivity index (χ1n) is 6.50. The van der Waals surface area contributed by atoms with Crippen LogP contribution in [-0.4, -0.2) is 19.0 Å². The van der Waals surface area contributed by atoms with Crippen LogP contribution >= 0.6 is 0 Å². The van der Waals surface area contributed by atoms with E-state index in [1.807, 2.05) is 0 Å². The molecule has 1 aliphatic carbocycles. The van der Waals surface area contributed by atoms with Gasteiger partial charge in [-0.05, 0) is 42.4 Å². The lowest BCUT2D eigenvalue weighted by molar-refractivity contribution is 0.502. The minimum atomic E-state index is 0.813. The van der Waals surface area contributed by atoms with E-state index in [1.54, 1.807) is 0 Å². The number of guanidine groups is 1. The smallest absolute Gasteiger partial charge is 0.196 e. The van der Waals surface area contributed by atoms with Crippen molar-refractivity contribution in [2.24, 2.45) is 10.9 Å². The van der Waals surface area contributed by atoms with Crippen LogP contribution in [0.25, 0.3) is 0 Å². The Bertz CT molecular complexity index is 443. The fourth-order valence-electron chi connectivity index (χ4n) is 2.70. The van der Waals surface area contributed by atoms with Crippen molar-refractivity contribution < 1.29 is 0 Å². The van der Waals surface area contributed by atoms with E-state index in [0.29, 0.717) is 0 Å². The van der Waals surface area contributed by atoms with Crippen LogP contribution in [0, 0.1) is 5.92 Å². The lowest BCUT2D eigenvalue weighted by atomic mass is 9.84. The van der Waals surface area contributed by atoms with Crippen LogP contribution < -0.4 is 10.6 Å². The lowest BCUT2D eigenvalue weighted by Crippen LogP contribution is -2.23. The largest absolute Gasteiger partial charge is 0.354 e. The molecular formula is C14H19N3. The van der Waals surface area contributed by atoms with Crippen LogP contribution in [0.5, 0.6) is 0 Å². The maximum Gasteiger partial charge on any atom is 0.196 e. The minimum Gasteiger partial charge on any atom is -0.354 e. The number of nitrogens with one attached hydrogen (secondary N) is 2. The fraction of sp³-hybridized carbons (Fsp3) is 0.500. The molecule has 1 aromatic rings.